The fourth-order valence-corrected chi connectivity index (χ4v) is 7.00. The molecule has 45 heavy (non-hydrogen) atoms. The van der Waals surface area contributed by atoms with Crippen molar-refractivity contribution in [3.63, 3.8) is 0 Å². The van der Waals surface area contributed by atoms with Crippen LogP contribution in [0.1, 0.15) is 31.3 Å². The molecule has 1 saturated carbocycles. The Morgan fingerprint density at radius 1 is 1.36 bits per heavy atom. The number of aryl methyl sites for hydroxylation is 1. The number of phenols is 1. The quantitative estimate of drug-likeness (QED) is 0.171. The number of likely N-dealkylation sites (tertiary alicyclic amines) is 1. The SMILES string of the molecule is [2H]C([2H])([2H])N1CCC(=C)[C@](C)(C([2H])([2H])Oc2nc(N3CCOC[C@H]4[C@H](Cl)[C@H]43)c3cnc(-c4cc(O)cc5ccc(F)c(C#C)c45)c(C)c3n2)C1. The molecule has 0 bridgehead atoms. The van der Waals surface area contributed by atoms with Crippen molar-refractivity contribution in [2.45, 2.75) is 31.7 Å². The van der Waals surface area contributed by atoms with Gasteiger partial charge in [0.1, 0.15) is 23.9 Å². The van der Waals surface area contributed by atoms with E-state index in [4.69, 9.17) is 46.6 Å². The highest BCUT2D eigenvalue weighted by Crippen LogP contribution is 2.46. The zero-order valence-corrected chi connectivity index (χ0v) is 25.7. The van der Waals surface area contributed by atoms with Crippen LogP contribution in [0.3, 0.4) is 0 Å². The van der Waals surface area contributed by atoms with Crippen molar-refractivity contribution in [2.75, 3.05) is 51.3 Å². The Morgan fingerprint density at radius 3 is 3.00 bits per heavy atom. The van der Waals surface area contributed by atoms with E-state index in [9.17, 15) is 12.2 Å². The molecule has 1 N–H and O–H groups in total. The summed E-state index contributed by atoms with van der Waals surface area (Å²) in [5, 5.41) is 11.9. The average Bonchev–Trinajstić information content (AvgIpc) is 3.75. The Bertz CT molecular complexity index is 2110. The Labute approximate surface area is 273 Å². The summed E-state index contributed by atoms with van der Waals surface area (Å²) in [6.07, 6.45) is 7.60. The van der Waals surface area contributed by atoms with Crippen molar-refractivity contribution in [3.05, 3.63) is 59.6 Å². The number of nitrogens with zero attached hydrogens (tertiary/aromatic N) is 5. The number of hydrogen-bond acceptors (Lipinski definition) is 8. The second-order valence-electron chi connectivity index (χ2n) is 12.2. The molecule has 0 radical (unpaired) electrons. The number of aromatic nitrogens is 3. The van der Waals surface area contributed by atoms with Crippen molar-refractivity contribution in [1.29, 1.82) is 0 Å². The summed E-state index contributed by atoms with van der Waals surface area (Å²) < 4.78 is 69.1. The lowest BCUT2D eigenvalue weighted by Crippen LogP contribution is -2.44. The predicted octanol–water partition coefficient (Wildman–Crippen LogP) is 5.70. The molecule has 10 heteroatoms. The molecule has 7 rings (SSSR count). The van der Waals surface area contributed by atoms with E-state index in [1.807, 2.05) is 4.90 Å². The maximum atomic E-state index is 15.0. The lowest BCUT2D eigenvalue weighted by Gasteiger charge is -2.40. The summed E-state index contributed by atoms with van der Waals surface area (Å²) in [7, 11) is 0. The van der Waals surface area contributed by atoms with Gasteiger partial charge in [0.25, 0.3) is 0 Å². The highest BCUT2D eigenvalue weighted by molar-refractivity contribution is 6.24. The van der Waals surface area contributed by atoms with Gasteiger partial charge in [0, 0.05) is 57.8 Å². The number of benzene rings is 2. The first kappa shape index (κ1) is 24.3. The number of piperidine rings is 1. The number of aromatic hydroxyl groups is 1. The number of alkyl halides is 1. The first-order valence-electron chi connectivity index (χ1n) is 17.3. The molecule has 0 amide bonds. The smallest absolute Gasteiger partial charge is 0.318 e. The van der Waals surface area contributed by atoms with Crippen LogP contribution in [0.15, 0.2) is 42.6 Å². The largest absolute Gasteiger partial charge is 0.508 e. The molecule has 3 fully saturated rings. The topological polar surface area (TPSA) is 83.8 Å². The molecule has 4 atom stereocenters. The molecular formula is C35H35ClFN5O3. The lowest BCUT2D eigenvalue weighted by molar-refractivity contribution is 0.112. The second kappa shape index (κ2) is 11.1. The summed E-state index contributed by atoms with van der Waals surface area (Å²) in [5.74, 6) is 2.23. The number of halogens is 2. The zero-order chi connectivity index (χ0) is 35.9. The summed E-state index contributed by atoms with van der Waals surface area (Å²) in [5.41, 5.74) is 0.708. The summed E-state index contributed by atoms with van der Waals surface area (Å²) in [4.78, 5) is 17.5. The number of phenolic OH excluding ortho intramolecular Hbond substituents is 1. The highest BCUT2D eigenvalue weighted by atomic mass is 35.5. The molecule has 2 aliphatic heterocycles. The van der Waals surface area contributed by atoms with E-state index in [0.717, 1.165) is 0 Å². The highest BCUT2D eigenvalue weighted by Gasteiger charge is 2.54. The van der Waals surface area contributed by atoms with Gasteiger partial charge in [-0.25, -0.2) is 4.39 Å². The third-order valence-electron chi connectivity index (χ3n) is 9.18. The molecule has 8 nitrogen and oxygen atoms in total. The fourth-order valence-electron chi connectivity index (χ4n) is 6.54. The van der Waals surface area contributed by atoms with Crippen molar-refractivity contribution in [3.8, 4) is 35.4 Å². The lowest BCUT2D eigenvalue weighted by atomic mass is 9.79. The number of ether oxygens (including phenoxy) is 2. The second-order valence-corrected chi connectivity index (χ2v) is 12.7. The van der Waals surface area contributed by atoms with Crippen molar-refractivity contribution < 1.29 is 25.8 Å². The third-order valence-corrected chi connectivity index (χ3v) is 9.76. The Balaban J connectivity index is 1.41. The van der Waals surface area contributed by atoms with E-state index >= 15 is 0 Å². The normalized spacial score (nSPS) is 27.4. The maximum absolute atomic E-state index is 15.0. The predicted molar refractivity (Wildman–Crippen MR) is 175 cm³/mol. The van der Waals surface area contributed by atoms with Crippen LogP contribution < -0.4 is 9.64 Å². The molecule has 3 aliphatic rings. The Kier molecular flexibility index (Phi) is 6.01. The van der Waals surface area contributed by atoms with E-state index in [2.05, 4.69) is 12.5 Å². The maximum Gasteiger partial charge on any atom is 0.318 e. The molecule has 1 aliphatic carbocycles. The van der Waals surface area contributed by atoms with Gasteiger partial charge >= 0.3 is 6.01 Å². The van der Waals surface area contributed by atoms with Crippen LogP contribution in [0.5, 0.6) is 11.8 Å². The van der Waals surface area contributed by atoms with Gasteiger partial charge in [0.2, 0.25) is 0 Å². The van der Waals surface area contributed by atoms with Crippen LogP contribution >= 0.6 is 11.6 Å². The summed E-state index contributed by atoms with van der Waals surface area (Å²) in [6, 6.07) is 5.34. The molecule has 2 aromatic carbocycles. The van der Waals surface area contributed by atoms with Crippen LogP contribution in [-0.4, -0.2) is 82.8 Å². The van der Waals surface area contributed by atoms with Gasteiger partial charge in [0.05, 0.1) is 49.5 Å². The van der Waals surface area contributed by atoms with E-state index in [0.29, 0.717) is 69.6 Å². The molecule has 232 valence electrons. The first-order chi connectivity index (χ1) is 23.6. The minimum atomic E-state index is -2.50. The van der Waals surface area contributed by atoms with E-state index in [1.165, 1.54) is 29.2 Å². The van der Waals surface area contributed by atoms with Crippen molar-refractivity contribution in [2.24, 2.45) is 11.3 Å². The van der Waals surface area contributed by atoms with E-state index < -0.39 is 24.8 Å². The molecule has 2 aromatic heterocycles. The van der Waals surface area contributed by atoms with Crippen LogP contribution in [-0.2, 0) is 4.74 Å². The van der Waals surface area contributed by atoms with Crippen molar-refractivity contribution in [1.82, 2.24) is 19.9 Å². The molecule has 0 unspecified atom stereocenters. The minimum Gasteiger partial charge on any atom is -0.508 e. The standard InChI is InChI=1S/C35H35ClFN5O3/c1-6-23-27(37)8-7-21-13-22(43)14-24(28(21)23)30-20(3)31-25(15-38-30)33(42-11-12-44-16-26-29(36)32(26)42)40-34(39-31)45-18-35(4)17-41(5)10-9-19(35)2/h1,7-8,13-15,26,29,32,43H,2,9-12,16-18H2,3-5H3/t26-,29-,32-,35-/m0/s1/i5D3,18D2. The van der Waals surface area contributed by atoms with Crippen LogP contribution in [0, 0.1) is 36.4 Å². The number of fused-ring (bicyclic) bond motifs is 3. The van der Waals surface area contributed by atoms with Gasteiger partial charge in [-0.15, -0.1) is 18.0 Å². The van der Waals surface area contributed by atoms with Crippen molar-refractivity contribution >= 4 is 39.1 Å². The van der Waals surface area contributed by atoms with E-state index in [1.54, 1.807) is 20.0 Å². The van der Waals surface area contributed by atoms with E-state index in [-0.39, 0.29) is 54.2 Å². The third kappa shape index (κ3) is 5.05. The number of pyridine rings is 1. The molecule has 4 heterocycles. The van der Waals surface area contributed by atoms with Gasteiger partial charge in [-0.05, 0) is 43.9 Å². The first-order valence-corrected chi connectivity index (χ1v) is 15.2. The molecular weight excluding hydrogens is 593 g/mol. The van der Waals surface area contributed by atoms with Crippen LogP contribution in [0.25, 0.3) is 32.9 Å². The Morgan fingerprint density at radius 2 is 2.20 bits per heavy atom. The van der Waals surface area contributed by atoms with Gasteiger partial charge in [-0.3, -0.25) is 4.98 Å². The van der Waals surface area contributed by atoms with Crippen LogP contribution in [0.2, 0.25) is 0 Å². The monoisotopic (exact) mass is 632 g/mol. The summed E-state index contributed by atoms with van der Waals surface area (Å²) >= 11 is 6.70. The van der Waals surface area contributed by atoms with Gasteiger partial charge < -0.3 is 24.4 Å². The Hall–Kier alpha value is -3.97. The molecule has 0 spiro atoms. The number of anilines is 1. The minimum absolute atomic E-state index is 0.0175. The average molecular weight is 633 g/mol. The number of hydrogen-bond donors (Lipinski definition) is 1. The van der Waals surface area contributed by atoms with Crippen LogP contribution in [0.4, 0.5) is 10.2 Å². The van der Waals surface area contributed by atoms with Gasteiger partial charge in [0.15, 0.2) is 0 Å². The molecule has 4 aromatic rings. The van der Waals surface area contributed by atoms with Gasteiger partial charge in [-0.1, -0.05) is 31.1 Å². The number of rotatable bonds is 5. The zero-order valence-electron chi connectivity index (χ0n) is 29.9. The summed E-state index contributed by atoms with van der Waals surface area (Å²) in [6.45, 7) is 3.91. The molecule has 2 saturated heterocycles. The number of terminal acetylenes is 1. The van der Waals surface area contributed by atoms with Gasteiger partial charge in [-0.2, -0.15) is 9.97 Å². The fraction of sp³-hybridized carbons (Fsp3) is 0.400.